The summed E-state index contributed by atoms with van der Waals surface area (Å²) in [5.74, 6) is 0.116. The summed E-state index contributed by atoms with van der Waals surface area (Å²) in [6, 6.07) is 11.4. The Kier molecular flexibility index (Phi) is 4.25. The van der Waals surface area contributed by atoms with Gasteiger partial charge in [-0.25, -0.2) is 4.68 Å². The third-order valence-electron chi connectivity index (χ3n) is 2.79. The zero-order valence-corrected chi connectivity index (χ0v) is 10.2. The van der Waals surface area contributed by atoms with Crippen LogP contribution in [0.1, 0.15) is 29.8 Å². The van der Waals surface area contributed by atoms with Crippen LogP contribution in [-0.4, -0.2) is 22.1 Å². The van der Waals surface area contributed by atoms with Crippen LogP contribution in [0.3, 0.4) is 0 Å². The van der Waals surface area contributed by atoms with Gasteiger partial charge < -0.3 is 5.73 Å². The van der Waals surface area contributed by atoms with Gasteiger partial charge in [-0.05, 0) is 37.6 Å². The van der Waals surface area contributed by atoms with Crippen LogP contribution in [0.5, 0.6) is 0 Å². The highest BCUT2D eigenvalue weighted by Gasteiger charge is 2.12. The second-order valence-corrected chi connectivity index (χ2v) is 4.13. The molecule has 2 aromatic rings. The van der Waals surface area contributed by atoms with E-state index in [1.54, 1.807) is 16.9 Å². The second-order valence-electron chi connectivity index (χ2n) is 4.13. The zero-order valence-electron chi connectivity index (χ0n) is 10.2. The average Bonchev–Trinajstić information content (AvgIpc) is 2.89. The minimum atomic E-state index is 0.116. The minimum Gasteiger partial charge on any atom is -0.330 e. The van der Waals surface area contributed by atoms with Crippen molar-refractivity contribution in [3.05, 3.63) is 48.3 Å². The molecule has 4 nitrogen and oxygen atoms in total. The summed E-state index contributed by atoms with van der Waals surface area (Å²) in [5, 5.41) is 4.21. The summed E-state index contributed by atoms with van der Waals surface area (Å²) in [4.78, 5) is 12.1. The molecule has 0 aliphatic heterocycles. The van der Waals surface area contributed by atoms with Crippen LogP contribution < -0.4 is 5.73 Å². The number of carbonyl (C=O) groups excluding carboxylic acids is 1. The first-order valence-corrected chi connectivity index (χ1v) is 6.15. The molecule has 0 fully saturated rings. The number of aromatic nitrogens is 2. The van der Waals surface area contributed by atoms with Gasteiger partial charge in [-0.3, -0.25) is 4.79 Å². The van der Waals surface area contributed by atoms with Crippen LogP contribution in [-0.2, 0) is 0 Å². The van der Waals surface area contributed by atoms with Crippen molar-refractivity contribution in [2.45, 2.75) is 19.3 Å². The maximum Gasteiger partial charge on any atom is 0.181 e. The highest BCUT2D eigenvalue weighted by Crippen LogP contribution is 2.12. The van der Waals surface area contributed by atoms with Gasteiger partial charge in [-0.2, -0.15) is 5.10 Å². The molecule has 94 valence electrons. The van der Waals surface area contributed by atoms with Gasteiger partial charge in [0.25, 0.3) is 0 Å². The fraction of sp³-hybridized carbons (Fsp3) is 0.286. The lowest BCUT2D eigenvalue weighted by molar-refractivity contribution is 0.0972. The van der Waals surface area contributed by atoms with Gasteiger partial charge in [0.15, 0.2) is 5.78 Å². The molecule has 0 spiro atoms. The van der Waals surface area contributed by atoms with Crippen LogP contribution >= 0.6 is 0 Å². The Morgan fingerprint density at radius 3 is 2.67 bits per heavy atom. The smallest absolute Gasteiger partial charge is 0.181 e. The van der Waals surface area contributed by atoms with E-state index in [-0.39, 0.29) is 5.78 Å². The number of nitrogens with two attached hydrogens (primary N) is 1. The van der Waals surface area contributed by atoms with Crippen molar-refractivity contribution in [3.8, 4) is 5.69 Å². The van der Waals surface area contributed by atoms with E-state index >= 15 is 0 Å². The predicted molar refractivity (Wildman–Crippen MR) is 70.8 cm³/mol. The average molecular weight is 243 g/mol. The molecular formula is C14H17N3O. The number of carbonyl (C=O) groups is 1. The number of benzene rings is 1. The Labute approximate surface area is 106 Å². The number of para-hydroxylation sites is 1. The highest BCUT2D eigenvalue weighted by atomic mass is 16.1. The van der Waals surface area contributed by atoms with Gasteiger partial charge >= 0.3 is 0 Å². The summed E-state index contributed by atoms with van der Waals surface area (Å²) in [6.07, 6.45) is 3.89. The molecule has 1 aromatic heterocycles. The molecule has 0 amide bonds. The fourth-order valence-corrected chi connectivity index (χ4v) is 1.85. The van der Waals surface area contributed by atoms with Crippen molar-refractivity contribution in [3.63, 3.8) is 0 Å². The highest BCUT2D eigenvalue weighted by molar-refractivity contribution is 5.94. The molecule has 0 saturated carbocycles. The Morgan fingerprint density at radius 1 is 1.17 bits per heavy atom. The van der Waals surface area contributed by atoms with Crippen molar-refractivity contribution >= 4 is 5.78 Å². The first kappa shape index (κ1) is 12.5. The molecular weight excluding hydrogens is 226 g/mol. The van der Waals surface area contributed by atoms with Gasteiger partial charge in [0.1, 0.15) is 5.69 Å². The van der Waals surface area contributed by atoms with E-state index in [1.165, 1.54) is 0 Å². The number of unbranched alkanes of at least 4 members (excludes halogenated alkanes) is 1. The topological polar surface area (TPSA) is 60.9 Å². The molecule has 0 unspecified atom stereocenters. The standard InChI is InChI=1S/C14H17N3O/c15-10-5-4-8-14(18)13-9-11-16-17(13)12-6-2-1-3-7-12/h1-3,6-7,9,11H,4-5,8,10,15H2. The lowest BCUT2D eigenvalue weighted by Crippen LogP contribution is -2.09. The van der Waals surface area contributed by atoms with Crippen molar-refractivity contribution in [2.75, 3.05) is 6.54 Å². The maximum atomic E-state index is 12.1. The normalized spacial score (nSPS) is 10.5. The van der Waals surface area contributed by atoms with Crippen molar-refractivity contribution < 1.29 is 4.79 Å². The predicted octanol–water partition coefficient (Wildman–Crippen LogP) is 2.18. The molecule has 0 bridgehead atoms. The minimum absolute atomic E-state index is 0.116. The van der Waals surface area contributed by atoms with Gasteiger partial charge in [-0.15, -0.1) is 0 Å². The molecule has 4 heteroatoms. The van der Waals surface area contributed by atoms with E-state index in [4.69, 9.17) is 5.73 Å². The number of hydrogen-bond acceptors (Lipinski definition) is 3. The summed E-state index contributed by atoms with van der Waals surface area (Å²) in [5.41, 5.74) is 6.97. The quantitative estimate of drug-likeness (QED) is 0.625. The maximum absolute atomic E-state index is 12.1. The number of ketones is 1. The molecule has 2 N–H and O–H groups in total. The molecule has 18 heavy (non-hydrogen) atoms. The van der Waals surface area contributed by atoms with Gasteiger partial charge in [0.05, 0.1) is 11.9 Å². The molecule has 2 rings (SSSR count). The third kappa shape index (κ3) is 2.84. The Balaban J connectivity index is 2.15. The molecule has 0 radical (unpaired) electrons. The van der Waals surface area contributed by atoms with E-state index in [9.17, 15) is 4.79 Å². The first-order chi connectivity index (χ1) is 8.83. The number of Topliss-reactive ketones (excluding diaryl/α,β-unsaturated/α-hetero) is 1. The van der Waals surface area contributed by atoms with Crippen molar-refractivity contribution in [1.82, 2.24) is 9.78 Å². The molecule has 1 aromatic carbocycles. The zero-order chi connectivity index (χ0) is 12.8. The van der Waals surface area contributed by atoms with Crippen molar-refractivity contribution in [1.29, 1.82) is 0 Å². The van der Waals surface area contributed by atoms with Crippen LogP contribution in [0, 0.1) is 0 Å². The lowest BCUT2D eigenvalue weighted by atomic mass is 10.1. The van der Waals surface area contributed by atoms with Gasteiger partial charge in [-0.1, -0.05) is 18.2 Å². The summed E-state index contributed by atoms with van der Waals surface area (Å²) >= 11 is 0. The monoisotopic (exact) mass is 243 g/mol. The largest absolute Gasteiger partial charge is 0.330 e. The van der Waals surface area contributed by atoms with Gasteiger partial charge in [0, 0.05) is 6.42 Å². The molecule has 0 saturated heterocycles. The Hall–Kier alpha value is -1.94. The number of nitrogens with zero attached hydrogens (tertiary/aromatic N) is 2. The molecule has 0 aliphatic carbocycles. The number of rotatable bonds is 6. The van der Waals surface area contributed by atoms with Crippen LogP contribution in [0.25, 0.3) is 5.69 Å². The fourth-order valence-electron chi connectivity index (χ4n) is 1.85. The van der Waals surface area contributed by atoms with E-state index in [2.05, 4.69) is 5.10 Å². The third-order valence-corrected chi connectivity index (χ3v) is 2.79. The Bertz CT molecular complexity index is 505. The summed E-state index contributed by atoms with van der Waals surface area (Å²) in [7, 11) is 0. The Morgan fingerprint density at radius 2 is 1.94 bits per heavy atom. The van der Waals surface area contributed by atoms with E-state index in [1.807, 2.05) is 30.3 Å². The summed E-state index contributed by atoms with van der Waals surface area (Å²) < 4.78 is 1.69. The van der Waals surface area contributed by atoms with Gasteiger partial charge in [0.2, 0.25) is 0 Å². The first-order valence-electron chi connectivity index (χ1n) is 6.15. The van der Waals surface area contributed by atoms with E-state index in [0.29, 0.717) is 18.7 Å². The SMILES string of the molecule is NCCCCC(=O)c1ccnn1-c1ccccc1. The molecule has 0 aliphatic rings. The number of hydrogen-bond donors (Lipinski definition) is 1. The van der Waals surface area contributed by atoms with Crippen molar-refractivity contribution in [2.24, 2.45) is 5.73 Å². The summed E-state index contributed by atoms with van der Waals surface area (Å²) in [6.45, 7) is 0.630. The van der Waals surface area contributed by atoms with E-state index in [0.717, 1.165) is 18.5 Å². The lowest BCUT2D eigenvalue weighted by Gasteiger charge is -2.06. The second kappa shape index (κ2) is 6.12. The van der Waals surface area contributed by atoms with Crippen LogP contribution in [0.4, 0.5) is 0 Å². The van der Waals surface area contributed by atoms with Crippen LogP contribution in [0.15, 0.2) is 42.6 Å². The van der Waals surface area contributed by atoms with Crippen LogP contribution in [0.2, 0.25) is 0 Å². The molecule has 0 atom stereocenters. The van der Waals surface area contributed by atoms with E-state index < -0.39 is 0 Å². The molecule has 1 heterocycles.